The second-order valence-corrected chi connectivity index (χ2v) is 3.71. The third kappa shape index (κ3) is 5.32. The van der Waals surface area contributed by atoms with E-state index in [9.17, 15) is 4.79 Å². The molecule has 0 heterocycles. The van der Waals surface area contributed by atoms with Crippen LogP contribution >= 0.6 is 0 Å². The predicted molar refractivity (Wildman–Crippen MR) is 65.0 cm³/mol. The average Bonchev–Trinajstić information content (AvgIpc) is 2.27. The van der Waals surface area contributed by atoms with Crippen molar-refractivity contribution in [2.24, 2.45) is 0 Å². The molecule has 0 radical (unpaired) electrons. The first-order valence-corrected chi connectivity index (χ1v) is 5.23. The molecule has 0 amide bonds. The number of hydrogen-bond donors (Lipinski definition) is 0. The topological polar surface area (TPSA) is 29.5 Å². The number of likely N-dealkylation sites (N-methyl/N-ethyl adjacent to an activating group) is 1. The molecule has 86 valence electrons. The number of rotatable bonds is 5. The summed E-state index contributed by atoms with van der Waals surface area (Å²) in [6.45, 7) is 1.16. The van der Waals surface area contributed by atoms with Crippen LogP contribution in [0.2, 0.25) is 0 Å². The number of esters is 1. The molecule has 1 rings (SSSR count). The quantitative estimate of drug-likeness (QED) is 0.558. The first kappa shape index (κ1) is 12.5. The summed E-state index contributed by atoms with van der Waals surface area (Å²) < 4.78 is 5.01. The van der Waals surface area contributed by atoms with Crippen LogP contribution in [0.25, 0.3) is 6.08 Å². The van der Waals surface area contributed by atoms with E-state index in [0.29, 0.717) is 6.61 Å². The largest absolute Gasteiger partial charge is 0.461 e. The van der Waals surface area contributed by atoms with Crippen molar-refractivity contribution in [1.29, 1.82) is 0 Å². The van der Waals surface area contributed by atoms with Crippen molar-refractivity contribution in [3.8, 4) is 0 Å². The van der Waals surface area contributed by atoms with E-state index in [0.717, 1.165) is 12.1 Å². The third-order valence-electron chi connectivity index (χ3n) is 1.99. The van der Waals surface area contributed by atoms with Crippen LogP contribution in [0.1, 0.15) is 5.56 Å². The van der Waals surface area contributed by atoms with Gasteiger partial charge in [-0.25, -0.2) is 4.79 Å². The van der Waals surface area contributed by atoms with Gasteiger partial charge in [0.25, 0.3) is 0 Å². The zero-order valence-corrected chi connectivity index (χ0v) is 9.72. The lowest BCUT2D eigenvalue weighted by Crippen LogP contribution is -2.19. The van der Waals surface area contributed by atoms with Crippen molar-refractivity contribution in [2.45, 2.75) is 0 Å². The molecule has 0 unspecified atom stereocenters. The minimum absolute atomic E-state index is 0.300. The van der Waals surface area contributed by atoms with Crippen molar-refractivity contribution in [3.05, 3.63) is 42.0 Å². The van der Waals surface area contributed by atoms with Gasteiger partial charge in [0.2, 0.25) is 0 Å². The van der Waals surface area contributed by atoms with Gasteiger partial charge in [-0.3, -0.25) is 0 Å². The molecule has 1 aromatic rings. The number of carbonyl (C=O) groups is 1. The monoisotopic (exact) mass is 219 g/mol. The number of benzene rings is 1. The molecule has 0 aliphatic carbocycles. The van der Waals surface area contributed by atoms with Crippen molar-refractivity contribution >= 4 is 12.0 Å². The van der Waals surface area contributed by atoms with Crippen LogP contribution in [-0.4, -0.2) is 38.1 Å². The fourth-order valence-corrected chi connectivity index (χ4v) is 1.11. The minimum atomic E-state index is -0.300. The van der Waals surface area contributed by atoms with Gasteiger partial charge in [-0.1, -0.05) is 30.3 Å². The van der Waals surface area contributed by atoms with Crippen molar-refractivity contribution in [1.82, 2.24) is 4.90 Å². The van der Waals surface area contributed by atoms with Gasteiger partial charge in [-0.05, 0) is 25.7 Å². The summed E-state index contributed by atoms with van der Waals surface area (Å²) in [6.07, 6.45) is 3.20. The van der Waals surface area contributed by atoms with Crippen LogP contribution < -0.4 is 0 Å². The summed E-state index contributed by atoms with van der Waals surface area (Å²) in [6, 6.07) is 9.66. The second-order valence-electron chi connectivity index (χ2n) is 3.71. The number of hydrogen-bond acceptors (Lipinski definition) is 3. The fraction of sp³-hybridized carbons (Fsp3) is 0.308. The normalized spacial score (nSPS) is 10.9. The van der Waals surface area contributed by atoms with Crippen molar-refractivity contribution in [2.75, 3.05) is 27.2 Å². The van der Waals surface area contributed by atoms with Crippen molar-refractivity contribution in [3.63, 3.8) is 0 Å². The summed E-state index contributed by atoms with van der Waals surface area (Å²) in [5.74, 6) is -0.300. The van der Waals surface area contributed by atoms with Gasteiger partial charge in [0.15, 0.2) is 0 Å². The standard InChI is InChI=1S/C13H17NO2/c1-14(2)10-11-16-13(15)9-8-12-6-4-3-5-7-12/h3-9H,10-11H2,1-2H3/b9-8+. The van der Waals surface area contributed by atoms with Crippen LogP contribution in [0.5, 0.6) is 0 Å². The molecule has 0 fully saturated rings. The van der Waals surface area contributed by atoms with E-state index in [1.165, 1.54) is 6.08 Å². The Labute approximate surface area is 96.3 Å². The Morgan fingerprint density at radius 1 is 1.31 bits per heavy atom. The van der Waals surface area contributed by atoms with Crippen LogP contribution in [-0.2, 0) is 9.53 Å². The van der Waals surface area contributed by atoms with Gasteiger partial charge in [0.1, 0.15) is 6.61 Å². The molecule has 1 aromatic carbocycles. The Morgan fingerprint density at radius 3 is 2.62 bits per heavy atom. The highest BCUT2D eigenvalue weighted by molar-refractivity contribution is 5.86. The smallest absolute Gasteiger partial charge is 0.330 e. The Morgan fingerprint density at radius 2 is 2.00 bits per heavy atom. The summed E-state index contributed by atoms with van der Waals surface area (Å²) in [5, 5.41) is 0. The fourth-order valence-electron chi connectivity index (χ4n) is 1.11. The summed E-state index contributed by atoms with van der Waals surface area (Å²) in [5.41, 5.74) is 0.993. The average molecular weight is 219 g/mol. The second kappa shape index (κ2) is 6.80. The zero-order valence-electron chi connectivity index (χ0n) is 9.72. The third-order valence-corrected chi connectivity index (χ3v) is 1.99. The molecular formula is C13H17NO2. The lowest BCUT2D eigenvalue weighted by molar-refractivity contribution is -0.137. The summed E-state index contributed by atoms with van der Waals surface area (Å²) >= 11 is 0. The van der Waals surface area contributed by atoms with E-state index in [2.05, 4.69) is 0 Å². The zero-order chi connectivity index (χ0) is 11.8. The predicted octanol–water partition coefficient (Wildman–Crippen LogP) is 1.80. The molecule has 0 bridgehead atoms. The van der Waals surface area contributed by atoms with E-state index in [1.807, 2.05) is 49.3 Å². The molecule has 0 saturated carbocycles. The molecular weight excluding hydrogens is 202 g/mol. The molecule has 0 spiro atoms. The van der Waals surface area contributed by atoms with Crippen LogP contribution in [0.4, 0.5) is 0 Å². The molecule has 3 heteroatoms. The lowest BCUT2D eigenvalue weighted by Gasteiger charge is -2.08. The van der Waals surface area contributed by atoms with E-state index in [1.54, 1.807) is 6.08 Å². The maximum absolute atomic E-state index is 11.3. The number of carbonyl (C=O) groups excluding carboxylic acids is 1. The number of nitrogens with zero attached hydrogens (tertiary/aromatic N) is 1. The molecule has 16 heavy (non-hydrogen) atoms. The first-order valence-electron chi connectivity index (χ1n) is 5.23. The number of ether oxygens (including phenoxy) is 1. The van der Waals surface area contributed by atoms with Gasteiger partial charge in [-0.15, -0.1) is 0 Å². The SMILES string of the molecule is CN(C)CCOC(=O)/C=C/c1ccccc1. The Hall–Kier alpha value is -1.61. The van der Waals surface area contributed by atoms with Crippen LogP contribution in [0.15, 0.2) is 36.4 Å². The lowest BCUT2D eigenvalue weighted by atomic mass is 10.2. The van der Waals surface area contributed by atoms with Gasteiger partial charge in [0.05, 0.1) is 0 Å². The highest BCUT2D eigenvalue weighted by Gasteiger charge is 1.97. The van der Waals surface area contributed by atoms with Gasteiger partial charge in [-0.2, -0.15) is 0 Å². The van der Waals surface area contributed by atoms with E-state index in [4.69, 9.17) is 4.74 Å². The molecule has 0 aromatic heterocycles. The molecule has 3 nitrogen and oxygen atoms in total. The summed E-state index contributed by atoms with van der Waals surface area (Å²) in [7, 11) is 3.88. The minimum Gasteiger partial charge on any atom is -0.461 e. The maximum atomic E-state index is 11.3. The molecule has 0 aliphatic rings. The van der Waals surface area contributed by atoms with Crippen molar-refractivity contribution < 1.29 is 9.53 Å². The Bertz CT molecular complexity index is 344. The first-order chi connectivity index (χ1) is 7.68. The maximum Gasteiger partial charge on any atom is 0.330 e. The van der Waals surface area contributed by atoms with Crippen LogP contribution in [0.3, 0.4) is 0 Å². The highest BCUT2D eigenvalue weighted by atomic mass is 16.5. The van der Waals surface area contributed by atoms with E-state index < -0.39 is 0 Å². The Kier molecular flexibility index (Phi) is 5.29. The molecule has 0 atom stereocenters. The van der Waals surface area contributed by atoms with E-state index in [-0.39, 0.29) is 5.97 Å². The van der Waals surface area contributed by atoms with Gasteiger partial charge >= 0.3 is 5.97 Å². The summed E-state index contributed by atoms with van der Waals surface area (Å²) in [4.78, 5) is 13.2. The molecule has 0 aliphatic heterocycles. The molecule has 0 N–H and O–H groups in total. The van der Waals surface area contributed by atoms with Gasteiger partial charge < -0.3 is 9.64 Å². The Balaban J connectivity index is 2.32. The van der Waals surface area contributed by atoms with Gasteiger partial charge in [0, 0.05) is 12.6 Å². The van der Waals surface area contributed by atoms with E-state index >= 15 is 0 Å². The van der Waals surface area contributed by atoms with Crippen LogP contribution in [0, 0.1) is 0 Å². The highest BCUT2D eigenvalue weighted by Crippen LogP contribution is 2.00. The molecule has 0 saturated heterocycles.